The standard InChI is InChI=1S/C9H7BrO3/c1-5(11)7-2-6(10)3-8-9(7)13-4-12-8/h2-3H,4H2,1H3. The van der Waals surface area contributed by atoms with Crippen LogP contribution in [0.25, 0.3) is 0 Å². The maximum atomic E-state index is 11.2. The number of ether oxygens (including phenoxy) is 2. The molecule has 0 saturated heterocycles. The van der Waals surface area contributed by atoms with Gasteiger partial charge in [0.1, 0.15) is 0 Å². The lowest BCUT2D eigenvalue weighted by Crippen LogP contribution is -1.97. The van der Waals surface area contributed by atoms with Gasteiger partial charge >= 0.3 is 0 Å². The largest absolute Gasteiger partial charge is 0.454 e. The highest BCUT2D eigenvalue weighted by Crippen LogP contribution is 2.38. The molecule has 0 aromatic heterocycles. The molecule has 0 saturated carbocycles. The summed E-state index contributed by atoms with van der Waals surface area (Å²) in [6.07, 6.45) is 0. The van der Waals surface area contributed by atoms with E-state index in [1.807, 2.05) is 0 Å². The number of hydrogen-bond acceptors (Lipinski definition) is 3. The molecule has 0 spiro atoms. The van der Waals surface area contributed by atoms with Gasteiger partial charge in [0.05, 0.1) is 5.56 Å². The van der Waals surface area contributed by atoms with Crippen LogP contribution in [0, 0.1) is 0 Å². The third kappa shape index (κ3) is 1.42. The second-order valence-corrected chi connectivity index (χ2v) is 3.66. The molecule has 1 heterocycles. The van der Waals surface area contributed by atoms with Crippen molar-refractivity contribution in [2.24, 2.45) is 0 Å². The van der Waals surface area contributed by atoms with E-state index in [4.69, 9.17) is 9.47 Å². The van der Waals surface area contributed by atoms with E-state index < -0.39 is 0 Å². The third-order valence-electron chi connectivity index (χ3n) is 1.82. The molecule has 1 aromatic rings. The molecule has 1 aliphatic rings. The molecule has 0 radical (unpaired) electrons. The molecule has 0 atom stereocenters. The van der Waals surface area contributed by atoms with Crippen molar-refractivity contribution in [3.8, 4) is 11.5 Å². The molecule has 0 bridgehead atoms. The number of carbonyl (C=O) groups excluding carboxylic acids is 1. The van der Waals surface area contributed by atoms with Gasteiger partial charge in [-0.05, 0) is 19.1 Å². The zero-order valence-electron chi connectivity index (χ0n) is 6.96. The average molecular weight is 243 g/mol. The van der Waals surface area contributed by atoms with E-state index in [9.17, 15) is 4.79 Å². The number of Topliss-reactive ketones (excluding diaryl/α,β-unsaturated/α-hetero) is 1. The van der Waals surface area contributed by atoms with E-state index in [-0.39, 0.29) is 12.6 Å². The third-order valence-corrected chi connectivity index (χ3v) is 2.27. The van der Waals surface area contributed by atoms with Crippen molar-refractivity contribution >= 4 is 21.7 Å². The van der Waals surface area contributed by atoms with Gasteiger partial charge in [-0.25, -0.2) is 0 Å². The van der Waals surface area contributed by atoms with Gasteiger partial charge in [0, 0.05) is 4.47 Å². The first-order chi connectivity index (χ1) is 6.18. The normalized spacial score (nSPS) is 13.1. The Morgan fingerprint density at radius 2 is 2.23 bits per heavy atom. The zero-order valence-corrected chi connectivity index (χ0v) is 8.55. The van der Waals surface area contributed by atoms with Crippen LogP contribution in [-0.4, -0.2) is 12.6 Å². The average Bonchev–Trinajstić information content (AvgIpc) is 2.49. The maximum absolute atomic E-state index is 11.2. The lowest BCUT2D eigenvalue weighted by Gasteiger charge is -2.02. The quantitative estimate of drug-likeness (QED) is 0.710. The first-order valence-electron chi connectivity index (χ1n) is 3.78. The van der Waals surface area contributed by atoms with E-state index in [1.165, 1.54) is 6.92 Å². The fraction of sp³-hybridized carbons (Fsp3) is 0.222. The van der Waals surface area contributed by atoms with Crippen molar-refractivity contribution < 1.29 is 14.3 Å². The Bertz CT molecular complexity index is 373. The Morgan fingerprint density at radius 3 is 2.92 bits per heavy atom. The minimum atomic E-state index is -0.0250. The number of carbonyl (C=O) groups is 1. The zero-order chi connectivity index (χ0) is 9.42. The molecule has 2 rings (SSSR count). The van der Waals surface area contributed by atoms with Crippen molar-refractivity contribution in [2.75, 3.05) is 6.79 Å². The summed E-state index contributed by atoms with van der Waals surface area (Å²) in [7, 11) is 0. The van der Waals surface area contributed by atoms with Gasteiger partial charge in [-0.2, -0.15) is 0 Å². The molecule has 1 aromatic carbocycles. The molecule has 68 valence electrons. The summed E-state index contributed by atoms with van der Waals surface area (Å²) in [4.78, 5) is 11.2. The fourth-order valence-corrected chi connectivity index (χ4v) is 1.67. The van der Waals surface area contributed by atoms with Crippen LogP contribution in [0.3, 0.4) is 0 Å². The summed E-state index contributed by atoms with van der Waals surface area (Å²) in [5, 5.41) is 0. The second-order valence-electron chi connectivity index (χ2n) is 2.74. The maximum Gasteiger partial charge on any atom is 0.231 e. The van der Waals surface area contributed by atoms with Crippen LogP contribution >= 0.6 is 15.9 Å². The van der Waals surface area contributed by atoms with Crippen LogP contribution in [0.1, 0.15) is 17.3 Å². The molecule has 0 N–H and O–H groups in total. The summed E-state index contributed by atoms with van der Waals surface area (Å²) >= 11 is 3.30. The molecule has 0 unspecified atom stereocenters. The number of ketones is 1. The van der Waals surface area contributed by atoms with Crippen molar-refractivity contribution in [1.82, 2.24) is 0 Å². The molecule has 13 heavy (non-hydrogen) atoms. The highest BCUT2D eigenvalue weighted by Gasteiger charge is 2.20. The minimum Gasteiger partial charge on any atom is -0.454 e. The first kappa shape index (κ1) is 8.56. The molecule has 4 heteroatoms. The lowest BCUT2D eigenvalue weighted by atomic mass is 10.1. The number of halogens is 1. The van der Waals surface area contributed by atoms with E-state index in [0.29, 0.717) is 17.1 Å². The Morgan fingerprint density at radius 1 is 1.46 bits per heavy atom. The van der Waals surface area contributed by atoms with Crippen molar-refractivity contribution in [3.63, 3.8) is 0 Å². The van der Waals surface area contributed by atoms with Crippen molar-refractivity contribution in [3.05, 3.63) is 22.2 Å². The van der Waals surface area contributed by atoms with Crippen LogP contribution in [-0.2, 0) is 0 Å². The molecule has 1 aliphatic heterocycles. The van der Waals surface area contributed by atoms with Crippen LogP contribution in [0.4, 0.5) is 0 Å². The van der Waals surface area contributed by atoms with Gasteiger partial charge in [-0.3, -0.25) is 4.79 Å². The number of fused-ring (bicyclic) bond motifs is 1. The van der Waals surface area contributed by atoms with E-state index in [2.05, 4.69) is 15.9 Å². The Kier molecular flexibility index (Phi) is 2.00. The van der Waals surface area contributed by atoms with E-state index in [1.54, 1.807) is 12.1 Å². The monoisotopic (exact) mass is 242 g/mol. The van der Waals surface area contributed by atoms with Gasteiger partial charge in [-0.1, -0.05) is 15.9 Å². The molecular formula is C9H7BrO3. The topological polar surface area (TPSA) is 35.5 Å². The Hall–Kier alpha value is -1.03. The highest BCUT2D eigenvalue weighted by atomic mass is 79.9. The predicted molar refractivity (Wildman–Crippen MR) is 50.3 cm³/mol. The minimum absolute atomic E-state index is 0.0250. The first-order valence-corrected chi connectivity index (χ1v) is 4.58. The summed E-state index contributed by atoms with van der Waals surface area (Å²) in [6.45, 7) is 1.69. The van der Waals surface area contributed by atoms with E-state index in [0.717, 1.165) is 4.47 Å². The predicted octanol–water partition coefficient (Wildman–Crippen LogP) is 2.38. The van der Waals surface area contributed by atoms with Gasteiger partial charge in [0.25, 0.3) is 0 Å². The number of benzene rings is 1. The van der Waals surface area contributed by atoms with Crippen LogP contribution in [0.15, 0.2) is 16.6 Å². The summed E-state index contributed by atoms with van der Waals surface area (Å²) in [5.74, 6) is 1.15. The molecular weight excluding hydrogens is 236 g/mol. The van der Waals surface area contributed by atoms with Gasteiger partial charge < -0.3 is 9.47 Å². The number of rotatable bonds is 1. The van der Waals surface area contributed by atoms with Gasteiger partial charge in [0.15, 0.2) is 17.3 Å². The Balaban J connectivity index is 2.62. The van der Waals surface area contributed by atoms with Crippen LogP contribution in [0.5, 0.6) is 11.5 Å². The fourth-order valence-electron chi connectivity index (χ4n) is 1.24. The Labute approximate surface area is 83.8 Å². The van der Waals surface area contributed by atoms with Crippen molar-refractivity contribution in [2.45, 2.75) is 6.92 Å². The lowest BCUT2D eigenvalue weighted by molar-refractivity contribution is 0.101. The summed E-state index contributed by atoms with van der Waals surface area (Å²) < 4.78 is 11.2. The smallest absolute Gasteiger partial charge is 0.231 e. The van der Waals surface area contributed by atoms with Gasteiger partial charge in [-0.15, -0.1) is 0 Å². The number of hydrogen-bond donors (Lipinski definition) is 0. The molecule has 0 amide bonds. The molecule has 3 nitrogen and oxygen atoms in total. The van der Waals surface area contributed by atoms with Crippen LogP contribution < -0.4 is 9.47 Å². The summed E-state index contributed by atoms with van der Waals surface area (Å²) in [6, 6.07) is 3.52. The van der Waals surface area contributed by atoms with Crippen molar-refractivity contribution in [1.29, 1.82) is 0 Å². The second kappa shape index (κ2) is 3.03. The van der Waals surface area contributed by atoms with Crippen LogP contribution in [0.2, 0.25) is 0 Å². The summed E-state index contributed by atoms with van der Waals surface area (Å²) in [5.41, 5.74) is 0.557. The highest BCUT2D eigenvalue weighted by molar-refractivity contribution is 9.10. The SMILES string of the molecule is CC(=O)c1cc(Br)cc2c1OCO2. The molecule has 0 fully saturated rings. The molecule has 0 aliphatic carbocycles. The van der Waals surface area contributed by atoms with Gasteiger partial charge in [0.2, 0.25) is 6.79 Å². The van der Waals surface area contributed by atoms with E-state index >= 15 is 0 Å².